The van der Waals surface area contributed by atoms with Crippen molar-refractivity contribution in [3.05, 3.63) is 40.2 Å². The van der Waals surface area contributed by atoms with Crippen molar-refractivity contribution in [2.24, 2.45) is 5.73 Å². The summed E-state index contributed by atoms with van der Waals surface area (Å²) in [5.41, 5.74) is 6.04. The predicted octanol–water partition coefficient (Wildman–Crippen LogP) is 1.92. The molecule has 2 aromatic rings. The number of hydrogen-bond donors (Lipinski definition) is 1. The Morgan fingerprint density at radius 3 is 2.57 bits per heavy atom. The quantitative estimate of drug-likeness (QED) is 0.914. The van der Waals surface area contributed by atoms with Crippen molar-refractivity contribution in [1.82, 2.24) is 9.66 Å². The number of nitrogens with two attached hydrogens (primary N) is 1. The van der Waals surface area contributed by atoms with E-state index >= 15 is 0 Å². The highest BCUT2D eigenvalue weighted by Crippen LogP contribution is 2.17. The van der Waals surface area contributed by atoms with Crippen LogP contribution in [0.2, 0.25) is 0 Å². The molecule has 0 unspecified atom stereocenters. The molecule has 0 aliphatic carbocycles. The summed E-state index contributed by atoms with van der Waals surface area (Å²) in [6, 6.07) is 4.09. The Hall–Kier alpha value is -1.95. The van der Waals surface area contributed by atoms with Crippen molar-refractivity contribution in [3.8, 4) is 0 Å². The third-order valence-electron chi connectivity index (χ3n) is 3.63. The van der Waals surface area contributed by atoms with Crippen molar-refractivity contribution >= 4 is 10.9 Å². The lowest BCUT2D eigenvalue weighted by Gasteiger charge is -2.28. The van der Waals surface area contributed by atoms with E-state index in [1.54, 1.807) is 12.1 Å². The lowest BCUT2D eigenvalue weighted by Crippen LogP contribution is -2.45. The summed E-state index contributed by atoms with van der Waals surface area (Å²) in [7, 11) is 0. The van der Waals surface area contributed by atoms with Gasteiger partial charge in [0.15, 0.2) is 0 Å². The lowest BCUT2D eigenvalue weighted by atomic mass is 10.2. The normalized spacial score (nSPS) is 12.6. The number of aromatic nitrogens is 2. The summed E-state index contributed by atoms with van der Waals surface area (Å²) in [6.07, 6.45) is 0.647. The maximum Gasteiger partial charge on any atom is 0.283 e. The molecule has 2 rings (SSSR count). The lowest BCUT2D eigenvalue weighted by molar-refractivity contribution is 0.516. The standard InChI is InChI=1S/C15H21FN4O/c1-4-11(17)14-18-12-9-7-8-10(16)13(12)15(21)20(14)19(5-2)6-3/h7-9,11H,4-6,17H2,1-3H3/t11-/m0/s1. The molecule has 0 amide bonds. The Bertz CT molecular complexity index is 694. The van der Waals surface area contributed by atoms with Crippen LogP contribution in [0.3, 0.4) is 0 Å². The van der Waals surface area contributed by atoms with Crippen LogP contribution in [-0.4, -0.2) is 22.7 Å². The largest absolute Gasteiger partial charge is 0.321 e. The maximum atomic E-state index is 14.0. The van der Waals surface area contributed by atoms with Crippen LogP contribution in [-0.2, 0) is 0 Å². The van der Waals surface area contributed by atoms with Gasteiger partial charge in [0.05, 0.1) is 11.6 Å². The molecule has 5 nitrogen and oxygen atoms in total. The molecule has 1 atom stereocenters. The summed E-state index contributed by atoms with van der Waals surface area (Å²) < 4.78 is 15.4. The summed E-state index contributed by atoms with van der Waals surface area (Å²) in [4.78, 5) is 17.2. The van der Waals surface area contributed by atoms with E-state index in [2.05, 4.69) is 4.98 Å². The molecular weight excluding hydrogens is 271 g/mol. The molecule has 1 heterocycles. The molecule has 6 heteroatoms. The van der Waals surface area contributed by atoms with Crippen LogP contribution < -0.4 is 16.3 Å². The monoisotopic (exact) mass is 292 g/mol. The number of fused-ring (bicyclic) bond motifs is 1. The van der Waals surface area contributed by atoms with Crippen LogP contribution in [0.15, 0.2) is 23.0 Å². The second-order valence-corrected chi connectivity index (χ2v) is 4.87. The van der Waals surface area contributed by atoms with Gasteiger partial charge in [-0.25, -0.2) is 14.1 Å². The Balaban J connectivity index is 2.87. The molecule has 1 aromatic heterocycles. The van der Waals surface area contributed by atoms with E-state index in [-0.39, 0.29) is 11.4 Å². The number of benzene rings is 1. The first-order valence-corrected chi connectivity index (χ1v) is 7.27. The Morgan fingerprint density at radius 2 is 2.00 bits per heavy atom. The molecule has 0 aliphatic heterocycles. The molecular formula is C15H21FN4O. The fourth-order valence-electron chi connectivity index (χ4n) is 2.40. The van der Waals surface area contributed by atoms with Gasteiger partial charge in [-0.3, -0.25) is 4.79 Å². The first-order chi connectivity index (χ1) is 10.0. The summed E-state index contributed by atoms with van der Waals surface area (Å²) in [5, 5.41) is 1.82. The van der Waals surface area contributed by atoms with Crippen LogP contribution >= 0.6 is 0 Å². The molecule has 21 heavy (non-hydrogen) atoms. The van der Waals surface area contributed by atoms with Crippen molar-refractivity contribution < 1.29 is 4.39 Å². The van der Waals surface area contributed by atoms with Crippen LogP contribution in [0, 0.1) is 5.82 Å². The minimum Gasteiger partial charge on any atom is -0.321 e. The van der Waals surface area contributed by atoms with Crippen molar-refractivity contribution in [3.63, 3.8) is 0 Å². The molecule has 0 saturated carbocycles. The van der Waals surface area contributed by atoms with E-state index < -0.39 is 11.4 Å². The van der Waals surface area contributed by atoms with E-state index in [0.29, 0.717) is 30.9 Å². The first kappa shape index (κ1) is 15.4. The molecule has 114 valence electrons. The highest BCUT2D eigenvalue weighted by atomic mass is 19.1. The van der Waals surface area contributed by atoms with Crippen molar-refractivity contribution in [1.29, 1.82) is 0 Å². The molecule has 0 spiro atoms. The number of nitrogens with zero attached hydrogens (tertiary/aromatic N) is 3. The molecule has 2 N–H and O–H groups in total. The van der Waals surface area contributed by atoms with Gasteiger partial charge in [-0.05, 0) is 32.4 Å². The zero-order valence-corrected chi connectivity index (χ0v) is 12.6. The Morgan fingerprint density at radius 1 is 1.33 bits per heavy atom. The van der Waals surface area contributed by atoms with Crippen LogP contribution in [0.4, 0.5) is 4.39 Å². The number of hydrogen-bond acceptors (Lipinski definition) is 4. The van der Waals surface area contributed by atoms with E-state index in [1.807, 2.05) is 25.8 Å². The van der Waals surface area contributed by atoms with Gasteiger partial charge in [-0.1, -0.05) is 13.0 Å². The van der Waals surface area contributed by atoms with Gasteiger partial charge in [0.1, 0.15) is 17.0 Å². The van der Waals surface area contributed by atoms with Crippen LogP contribution in [0.1, 0.15) is 39.1 Å². The Labute approximate surface area is 123 Å². The summed E-state index contributed by atoms with van der Waals surface area (Å²) >= 11 is 0. The van der Waals surface area contributed by atoms with E-state index in [9.17, 15) is 9.18 Å². The topological polar surface area (TPSA) is 64.1 Å². The average Bonchev–Trinajstić information content (AvgIpc) is 2.49. The Kier molecular flexibility index (Phi) is 4.57. The minimum absolute atomic E-state index is 0.0106. The van der Waals surface area contributed by atoms with Gasteiger partial charge in [-0.2, -0.15) is 0 Å². The number of halogens is 1. The first-order valence-electron chi connectivity index (χ1n) is 7.27. The van der Waals surface area contributed by atoms with Gasteiger partial charge < -0.3 is 10.7 Å². The second kappa shape index (κ2) is 6.22. The highest BCUT2D eigenvalue weighted by Gasteiger charge is 2.20. The third kappa shape index (κ3) is 2.63. The number of rotatable bonds is 5. The zero-order valence-electron chi connectivity index (χ0n) is 12.6. The van der Waals surface area contributed by atoms with Crippen molar-refractivity contribution in [2.45, 2.75) is 33.2 Å². The molecule has 0 radical (unpaired) electrons. The molecule has 0 aliphatic rings. The van der Waals surface area contributed by atoms with Gasteiger partial charge >= 0.3 is 0 Å². The summed E-state index contributed by atoms with van der Waals surface area (Å²) in [6.45, 7) is 7.02. The van der Waals surface area contributed by atoms with E-state index in [0.717, 1.165) is 0 Å². The SMILES string of the molecule is CC[C@H](N)c1nc2cccc(F)c2c(=O)n1N(CC)CC. The molecule has 0 saturated heterocycles. The fraction of sp³-hybridized carbons (Fsp3) is 0.467. The van der Waals surface area contributed by atoms with Crippen molar-refractivity contribution in [2.75, 3.05) is 18.1 Å². The summed E-state index contributed by atoms with van der Waals surface area (Å²) in [5.74, 6) is -0.0770. The van der Waals surface area contributed by atoms with Crippen LogP contribution in [0.5, 0.6) is 0 Å². The smallest absolute Gasteiger partial charge is 0.283 e. The van der Waals surface area contributed by atoms with Gasteiger partial charge in [-0.15, -0.1) is 0 Å². The third-order valence-corrected chi connectivity index (χ3v) is 3.63. The highest BCUT2D eigenvalue weighted by molar-refractivity contribution is 5.78. The van der Waals surface area contributed by atoms with Crippen LogP contribution in [0.25, 0.3) is 10.9 Å². The fourth-order valence-corrected chi connectivity index (χ4v) is 2.40. The predicted molar refractivity (Wildman–Crippen MR) is 82.5 cm³/mol. The minimum atomic E-state index is -0.553. The second-order valence-electron chi connectivity index (χ2n) is 4.87. The van der Waals surface area contributed by atoms with Gasteiger partial charge in [0.2, 0.25) is 0 Å². The zero-order chi connectivity index (χ0) is 15.6. The van der Waals surface area contributed by atoms with E-state index in [1.165, 1.54) is 10.7 Å². The maximum absolute atomic E-state index is 14.0. The molecule has 1 aromatic carbocycles. The average molecular weight is 292 g/mol. The van der Waals surface area contributed by atoms with Gasteiger partial charge in [0.25, 0.3) is 5.56 Å². The van der Waals surface area contributed by atoms with E-state index in [4.69, 9.17) is 5.73 Å². The van der Waals surface area contributed by atoms with Gasteiger partial charge in [0, 0.05) is 13.1 Å². The molecule has 0 bridgehead atoms. The molecule has 0 fully saturated rings.